The van der Waals surface area contributed by atoms with Crippen LogP contribution >= 0.6 is 0 Å². The Morgan fingerprint density at radius 2 is 1.06 bits per heavy atom. The van der Waals surface area contributed by atoms with Crippen molar-refractivity contribution in [3.8, 4) is 0 Å². The van der Waals surface area contributed by atoms with Crippen molar-refractivity contribution in [1.82, 2.24) is 0 Å². The quantitative estimate of drug-likeness (QED) is 0.602. The molecule has 3 nitrogen and oxygen atoms in total. The lowest BCUT2D eigenvalue weighted by Crippen LogP contribution is -2.85. The highest BCUT2D eigenvalue weighted by molar-refractivity contribution is 5.32. The summed E-state index contributed by atoms with van der Waals surface area (Å²) in [6, 6.07) is 0. The van der Waals surface area contributed by atoms with E-state index in [1.807, 2.05) is 0 Å². The second-order valence-electron chi connectivity index (χ2n) is 8.55. The molecule has 0 aromatic rings. The highest BCUT2D eigenvalue weighted by Gasteiger charge is 2.82. The van der Waals surface area contributed by atoms with Gasteiger partial charge in [0.2, 0.25) is 0 Å². The Morgan fingerprint density at radius 1 is 0.722 bits per heavy atom. The van der Waals surface area contributed by atoms with Gasteiger partial charge in [-0.2, -0.15) is 0 Å². The highest BCUT2D eigenvalue weighted by atomic mass is 16.3. The summed E-state index contributed by atoms with van der Waals surface area (Å²) in [4.78, 5) is 0. The average molecular weight is 250 g/mol. The molecule has 0 spiro atoms. The van der Waals surface area contributed by atoms with Gasteiger partial charge in [-0.15, -0.1) is 0 Å². The fourth-order valence-corrected chi connectivity index (χ4v) is 7.52. The van der Waals surface area contributed by atoms with Gasteiger partial charge in [-0.3, -0.25) is 0 Å². The molecule has 7 saturated carbocycles. The minimum Gasteiger partial charge on any atom is -0.389 e. The molecule has 0 aromatic heterocycles. The summed E-state index contributed by atoms with van der Waals surface area (Å²) in [5, 5.41) is 33.6. The van der Waals surface area contributed by atoms with Crippen LogP contribution in [-0.4, -0.2) is 32.1 Å². The predicted octanol–water partition coefficient (Wildman–Crippen LogP) is 1.06. The Bertz CT molecular complexity index is 380. The van der Waals surface area contributed by atoms with Gasteiger partial charge in [0.05, 0.1) is 16.8 Å². The molecular formula is C15H22O3. The molecule has 0 atom stereocenters. The monoisotopic (exact) mass is 250 g/mol. The molecule has 0 radical (unpaired) electrons. The van der Waals surface area contributed by atoms with Gasteiger partial charge in [-0.1, -0.05) is 6.92 Å². The predicted molar refractivity (Wildman–Crippen MR) is 64.6 cm³/mol. The summed E-state index contributed by atoms with van der Waals surface area (Å²) >= 11 is 0. The van der Waals surface area contributed by atoms with Crippen molar-refractivity contribution in [3.63, 3.8) is 0 Å². The Balaban J connectivity index is 1.81. The standard InChI is InChI=1S/C15H22O3/c1-12-5-13(16)9-2-8-3-10(13)15(18,7-12)11(4-8)14(9,17)6-12/h8-11,16-18H,2-7H2,1H3. The van der Waals surface area contributed by atoms with E-state index in [-0.39, 0.29) is 23.2 Å². The van der Waals surface area contributed by atoms with Gasteiger partial charge in [-0.25, -0.2) is 0 Å². The van der Waals surface area contributed by atoms with Crippen LogP contribution in [0.4, 0.5) is 0 Å². The molecule has 0 unspecified atom stereocenters. The lowest BCUT2D eigenvalue weighted by Gasteiger charge is -2.80. The average Bonchev–Trinajstić information content (AvgIpc) is 2.22. The zero-order valence-corrected chi connectivity index (χ0v) is 10.9. The van der Waals surface area contributed by atoms with Crippen LogP contribution in [0.25, 0.3) is 0 Å². The van der Waals surface area contributed by atoms with Gasteiger partial charge in [0.15, 0.2) is 0 Å². The van der Waals surface area contributed by atoms with Crippen LogP contribution < -0.4 is 0 Å². The Hall–Kier alpha value is -0.120. The number of aliphatic hydroxyl groups is 3. The second-order valence-corrected chi connectivity index (χ2v) is 8.55. The van der Waals surface area contributed by atoms with Gasteiger partial charge >= 0.3 is 0 Å². The third-order valence-electron chi connectivity index (χ3n) is 7.46. The zero-order valence-electron chi connectivity index (χ0n) is 10.9. The summed E-state index contributed by atoms with van der Waals surface area (Å²) in [5.41, 5.74) is -2.43. The molecule has 0 saturated heterocycles. The number of hydrogen-bond donors (Lipinski definition) is 3. The van der Waals surface area contributed by atoms with Crippen LogP contribution in [0.3, 0.4) is 0 Å². The van der Waals surface area contributed by atoms with Crippen molar-refractivity contribution in [2.75, 3.05) is 0 Å². The molecule has 3 N–H and O–H groups in total. The molecular weight excluding hydrogens is 228 g/mol. The summed E-state index contributed by atoms with van der Waals surface area (Å²) in [6.07, 6.45) is 5.31. The smallest absolute Gasteiger partial charge is 0.0764 e. The van der Waals surface area contributed by atoms with Crippen molar-refractivity contribution in [1.29, 1.82) is 0 Å². The Kier molecular flexibility index (Phi) is 1.43. The van der Waals surface area contributed by atoms with Crippen molar-refractivity contribution in [2.45, 2.75) is 62.3 Å². The highest BCUT2D eigenvalue weighted by Crippen LogP contribution is 2.77. The summed E-state index contributed by atoms with van der Waals surface area (Å²) in [5.74, 6) is 0.719. The van der Waals surface area contributed by atoms with Crippen LogP contribution in [-0.2, 0) is 0 Å². The molecule has 7 rings (SSSR count). The lowest BCUT2D eigenvalue weighted by molar-refractivity contribution is -0.404. The molecule has 7 aliphatic rings. The molecule has 0 amide bonds. The van der Waals surface area contributed by atoms with Crippen molar-refractivity contribution >= 4 is 0 Å². The largest absolute Gasteiger partial charge is 0.389 e. The van der Waals surface area contributed by atoms with E-state index in [4.69, 9.17) is 0 Å². The van der Waals surface area contributed by atoms with E-state index in [0.717, 1.165) is 38.5 Å². The minimum absolute atomic E-state index is 0.0288. The van der Waals surface area contributed by atoms with Crippen LogP contribution in [0.2, 0.25) is 0 Å². The molecule has 7 aliphatic carbocycles. The van der Waals surface area contributed by atoms with Crippen molar-refractivity contribution in [2.24, 2.45) is 29.1 Å². The zero-order chi connectivity index (χ0) is 12.6. The Morgan fingerprint density at radius 3 is 1.39 bits per heavy atom. The summed E-state index contributed by atoms with van der Waals surface area (Å²) < 4.78 is 0. The molecule has 0 heterocycles. The van der Waals surface area contributed by atoms with Gasteiger partial charge in [-0.05, 0) is 49.9 Å². The van der Waals surface area contributed by atoms with Gasteiger partial charge in [0, 0.05) is 17.8 Å². The summed E-state index contributed by atoms with van der Waals surface area (Å²) in [7, 11) is 0. The van der Waals surface area contributed by atoms with Crippen LogP contribution in [0.5, 0.6) is 0 Å². The van der Waals surface area contributed by atoms with Gasteiger partial charge in [0.25, 0.3) is 0 Å². The van der Waals surface area contributed by atoms with Crippen molar-refractivity contribution < 1.29 is 15.3 Å². The topological polar surface area (TPSA) is 60.7 Å². The second kappa shape index (κ2) is 2.43. The first kappa shape index (κ1) is 10.6. The van der Waals surface area contributed by atoms with E-state index in [2.05, 4.69) is 6.92 Å². The van der Waals surface area contributed by atoms with E-state index < -0.39 is 16.8 Å². The van der Waals surface area contributed by atoms with E-state index in [9.17, 15) is 15.3 Å². The number of rotatable bonds is 0. The molecule has 8 bridgehead atoms. The van der Waals surface area contributed by atoms with E-state index in [1.165, 1.54) is 0 Å². The normalized spacial score (nSPS) is 75.3. The summed E-state index contributed by atoms with van der Waals surface area (Å²) in [6.45, 7) is 2.15. The first-order valence-corrected chi connectivity index (χ1v) is 7.47. The maximum atomic E-state index is 11.2. The minimum atomic E-state index is -0.790. The third kappa shape index (κ3) is 0.810. The fourth-order valence-electron chi connectivity index (χ4n) is 7.52. The van der Waals surface area contributed by atoms with E-state index >= 15 is 0 Å². The first-order chi connectivity index (χ1) is 8.30. The third-order valence-corrected chi connectivity index (χ3v) is 7.46. The van der Waals surface area contributed by atoms with Crippen LogP contribution in [0.15, 0.2) is 0 Å². The first-order valence-electron chi connectivity index (χ1n) is 7.47. The molecule has 7 fully saturated rings. The lowest BCUT2D eigenvalue weighted by atomic mass is 9.29. The van der Waals surface area contributed by atoms with E-state index in [1.54, 1.807) is 0 Å². The molecule has 0 aromatic carbocycles. The van der Waals surface area contributed by atoms with Crippen LogP contribution in [0, 0.1) is 29.1 Å². The molecule has 0 aliphatic heterocycles. The molecule has 18 heavy (non-hydrogen) atoms. The van der Waals surface area contributed by atoms with Gasteiger partial charge < -0.3 is 15.3 Å². The molecule has 3 heteroatoms. The fraction of sp³-hybridized carbons (Fsp3) is 1.00. The van der Waals surface area contributed by atoms with Crippen molar-refractivity contribution in [3.05, 3.63) is 0 Å². The maximum absolute atomic E-state index is 11.2. The SMILES string of the molecule is CC12CC3(O)C4CC5CC3C(O)(C1)C(C5)C4(O)C2. The van der Waals surface area contributed by atoms with E-state index in [0.29, 0.717) is 5.92 Å². The van der Waals surface area contributed by atoms with Gasteiger partial charge in [0.1, 0.15) is 0 Å². The number of hydrogen-bond acceptors (Lipinski definition) is 3. The molecule has 100 valence electrons. The van der Waals surface area contributed by atoms with Crippen LogP contribution in [0.1, 0.15) is 45.4 Å². The Labute approximate surface area is 107 Å². The maximum Gasteiger partial charge on any atom is 0.0764 e.